The second-order valence-electron chi connectivity index (χ2n) is 5.63. The van der Waals surface area contributed by atoms with Crippen LogP contribution in [0.25, 0.3) is 0 Å². The minimum Gasteiger partial charge on any atom is -0.366 e. The maximum Gasteiger partial charge on any atom is 0.411 e. The number of carbonyl (C=O) groups excluding carboxylic acids is 2. The summed E-state index contributed by atoms with van der Waals surface area (Å²) in [5.74, 6) is -2.01. The monoisotopic (exact) mass is 390 g/mol. The van der Waals surface area contributed by atoms with Gasteiger partial charge in [0.1, 0.15) is 0 Å². The van der Waals surface area contributed by atoms with Crippen LogP contribution in [-0.4, -0.2) is 24.2 Å². The summed E-state index contributed by atoms with van der Waals surface area (Å²) in [7, 11) is 0. The van der Waals surface area contributed by atoms with Gasteiger partial charge in [-0.05, 0) is 35.4 Å². The van der Waals surface area contributed by atoms with E-state index < -0.39 is 40.7 Å². The van der Waals surface area contributed by atoms with Gasteiger partial charge in [-0.25, -0.2) is 0 Å². The summed E-state index contributed by atoms with van der Waals surface area (Å²) in [5.41, 5.74) is 2.76. The number of benzene rings is 2. The Morgan fingerprint density at radius 2 is 0.852 bits per heavy atom. The van der Waals surface area contributed by atoms with Gasteiger partial charge in [0.05, 0.1) is 0 Å². The van der Waals surface area contributed by atoms with Gasteiger partial charge in [-0.1, -0.05) is 24.3 Å². The molecule has 2 aromatic rings. The number of primary amides is 2. The molecular weight excluding hydrogens is 378 g/mol. The third-order valence-corrected chi connectivity index (χ3v) is 4.06. The molecule has 0 aliphatic rings. The Kier molecular flexibility index (Phi) is 4.96. The van der Waals surface area contributed by atoms with Crippen LogP contribution in [0.4, 0.5) is 26.3 Å². The van der Waals surface area contributed by atoms with Crippen molar-refractivity contribution in [3.8, 4) is 0 Å². The van der Waals surface area contributed by atoms with Crippen molar-refractivity contribution in [2.24, 2.45) is 11.5 Å². The summed E-state index contributed by atoms with van der Waals surface area (Å²) >= 11 is 0. The number of halogens is 6. The lowest BCUT2D eigenvalue weighted by Gasteiger charge is -2.38. The minimum atomic E-state index is -5.78. The van der Waals surface area contributed by atoms with E-state index in [1.807, 2.05) is 0 Å². The van der Waals surface area contributed by atoms with E-state index in [0.717, 1.165) is 24.3 Å². The van der Waals surface area contributed by atoms with Gasteiger partial charge in [-0.3, -0.25) is 9.59 Å². The second-order valence-corrected chi connectivity index (χ2v) is 5.63. The van der Waals surface area contributed by atoms with Gasteiger partial charge in [0.2, 0.25) is 17.2 Å². The van der Waals surface area contributed by atoms with Crippen molar-refractivity contribution in [3.63, 3.8) is 0 Å². The molecule has 4 nitrogen and oxygen atoms in total. The van der Waals surface area contributed by atoms with E-state index in [1.54, 1.807) is 0 Å². The fraction of sp³-hybridized carbons (Fsp3) is 0.176. The highest BCUT2D eigenvalue weighted by Crippen LogP contribution is 2.56. The Labute approximate surface area is 148 Å². The molecule has 27 heavy (non-hydrogen) atoms. The molecule has 0 atom stereocenters. The normalized spacial score (nSPS) is 12.7. The molecule has 0 saturated carbocycles. The van der Waals surface area contributed by atoms with Gasteiger partial charge in [0, 0.05) is 11.1 Å². The molecule has 0 saturated heterocycles. The minimum absolute atomic E-state index is 0.249. The fourth-order valence-electron chi connectivity index (χ4n) is 2.75. The number of nitrogens with two attached hydrogens (primary N) is 2. The van der Waals surface area contributed by atoms with Crippen molar-refractivity contribution < 1.29 is 35.9 Å². The highest BCUT2D eigenvalue weighted by Gasteiger charge is 2.72. The van der Waals surface area contributed by atoms with Crippen molar-refractivity contribution in [1.29, 1.82) is 0 Å². The van der Waals surface area contributed by atoms with Gasteiger partial charge in [-0.15, -0.1) is 0 Å². The van der Waals surface area contributed by atoms with Crippen LogP contribution in [0.5, 0.6) is 0 Å². The second kappa shape index (κ2) is 6.60. The molecule has 2 amide bonds. The number of rotatable bonds is 4. The summed E-state index contributed by atoms with van der Waals surface area (Å²) in [4.78, 5) is 22.1. The Morgan fingerprint density at radius 3 is 1.04 bits per heavy atom. The lowest BCUT2D eigenvalue weighted by atomic mass is 9.72. The molecule has 0 radical (unpaired) electrons. The van der Waals surface area contributed by atoms with Crippen LogP contribution < -0.4 is 11.5 Å². The van der Waals surface area contributed by atoms with Crippen molar-refractivity contribution in [2.45, 2.75) is 17.8 Å². The molecule has 0 fully saturated rings. The standard InChI is InChI=1S/C17H12F6N2O2/c18-16(19,20)15(17(21,22)23,11-5-1-9(2-6-11)13(24)26)12-7-3-10(4-8-12)14(25)27/h1-8H,(H2,24,26)(H2,25,27). The first-order chi connectivity index (χ1) is 12.3. The predicted octanol–water partition coefficient (Wildman–Crippen LogP) is 3.30. The molecule has 2 rings (SSSR count). The smallest absolute Gasteiger partial charge is 0.366 e. The van der Waals surface area contributed by atoms with E-state index in [9.17, 15) is 35.9 Å². The third kappa shape index (κ3) is 3.34. The molecule has 0 aliphatic heterocycles. The molecule has 144 valence electrons. The zero-order chi connectivity index (χ0) is 20.6. The summed E-state index contributed by atoms with van der Waals surface area (Å²) in [6.07, 6.45) is -11.6. The van der Waals surface area contributed by atoms with Crippen LogP contribution >= 0.6 is 0 Å². The Hall–Kier alpha value is -3.04. The summed E-state index contributed by atoms with van der Waals surface area (Å²) in [6.45, 7) is 0. The zero-order valence-electron chi connectivity index (χ0n) is 13.4. The molecule has 0 bridgehead atoms. The first-order valence-corrected chi connectivity index (χ1v) is 7.26. The maximum atomic E-state index is 13.9. The molecule has 0 unspecified atom stereocenters. The average molecular weight is 390 g/mol. The van der Waals surface area contributed by atoms with E-state index in [2.05, 4.69) is 0 Å². The van der Waals surface area contributed by atoms with E-state index in [0.29, 0.717) is 24.3 Å². The molecule has 0 aliphatic carbocycles. The first-order valence-electron chi connectivity index (χ1n) is 7.26. The molecule has 10 heteroatoms. The number of hydrogen-bond donors (Lipinski definition) is 2. The van der Waals surface area contributed by atoms with E-state index >= 15 is 0 Å². The van der Waals surface area contributed by atoms with Crippen LogP contribution in [-0.2, 0) is 5.41 Å². The van der Waals surface area contributed by atoms with Crippen molar-refractivity contribution in [3.05, 3.63) is 70.8 Å². The molecular formula is C17H12F6N2O2. The van der Waals surface area contributed by atoms with E-state index in [-0.39, 0.29) is 11.1 Å². The molecule has 0 heterocycles. The lowest BCUT2D eigenvalue weighted by molar-refractivity contribution is -0.288. The van der Waals surface area contributed by atoms with E-state index in [4.69, 9.17) is 11.5 Å². The summed E-state index contributed by atoms with van der Waals surface area (Å²) in [5, 5.41) is 0. The Balaban J connectivity index is 2.82. The van der Waals surface area contributed by atoms with Crippen molar-refractivity contribution in [1.82, 2.24) is 0 Å². The topological polar surface area (TPSA) is 86.2 Å². The maximum absolute atomic E-state index is 13.9. The van der Waals surface area contributed by atoms with Crippen molar-refractivity contribution >= 4 is 11.8 Å². The van der Waals surface area contributed by atoms with Crippen LogP contribution in [0.15, 0.2) is 48.5 Å². The molecule has 0 spiro atoms. The number of hydrogen-bond acceptors (Lipinski definition) is 2. The predicted molar refractivity (Wildman–Crippen MR) is 82.8 cm³/mol. The lowest BCUT2D eigenvalue weighted by Crippen LogP contribution is -2.54. The number of carbonyl (C=O) groups is 2. The van der Waals surface area contributed by atoms with Crippen LogP contribution in [0, 0.1) is 0 Å². The summed E-state index contributed by atoms with van der Waals surface area (Å²) in [6, 6.07) is 5.30. The number of alkyl halides is 6. The SMILES string of the molecule is NC(=O)c1ccc(C(c2ccc(C(N)=O)cc2)(C(F)(F)F)C(F)(F)F)cc1. The highest BCUT2D eigenvalue weighted by molar-refractivity contribution is 5.93. The van der Waals surface area contributed by atoms with Gasteiger partial charge < -0.3 is 11.5 Å². The molecule has 4 N–H and O–H groups in total. The summed E-state index contributed by atoms with van der Waals surface area (Å²) < 4.78 is 83.1. The van der Waals surface area contributed by atoms with Gasteiger partial charge in [-0.2, -0.15) is 26.3 Å². The quantitative estimate of drug-likeness (QED) is 0.785. The van der Waals surface area contributed by atoms with Gasteiger partial charge >= 0.3 is 12.4 Å². The van der Waals surface area contributed by atoms with Gasteiger partial charge in [0.15, 0.2) is 0 Å². The Morgan fingerprint density at radius 1 is 0.593 bits per heavy atom. The zero-order valence-corrected chi connectivity index (χ0v) is 13.4. The van der Waals surface area contributed by atoms with Crippen LogP contribution in [0.2, 0.25) is 0 Å². The van der Waals surface area contributed by atoms with Gasteiger partial charge in [0.25, 0.3) is 0 Å². The van der Waals surface area contributed by atoms with Crippen LogP contribution in [0.1, 0.15) is 31.8 Å². The Bertz CT molecular complexity index is 781. The number of amides is 2. The van der Waals surface area contributed by atoms with E-state index in [1.165, 1.54) is 0 Å². The highest BCUT2D eigenvalue weighted by atomic mass is 19.4. The molecule has 0 aromatic heterocycles. The largest absolute Gasteiger partial charge is 0.411 e. The third-order valence-electron chi connectivity index (χ3n) is 4.06. The average Bonchev–Trinajstić information content (AvgIpc) is 2.53. The van der Waals surface area contributed by atoms with Crippen LogP contribution in [0.3, 0.4) is 0 Å². The molecule has 2 aromatic carbocycles. The first kappa shape index (κ1) is 20.3. The van der Waals surface area contributed by atoms with Crippen molar-refractivity contribution in [2.75, 3.05) is 0 Å². The fourth-order valence-corrected chi connectivity index (χ4v) is 2.75.